The maximum absolute atomic E-state index is 12.0. The van der Waals surface area contributed by atoms with E-state index in [4.69, 9.17) is 4.74 Å². The molecule has 0 unspecified atom stereocenters. The molecule has 0 saturated carbocycles. The highest BCUT2D eigenvalue weighted by molar-refractivity contribution is 7.11. The normalized spacial score (nSPS) is 11.4. The first-order valence-corrected chi connectivity index (χ1v) is 7.39. The first-order chi connectivity index (χ1) is 10.8. The highest BCUT2D eigenvalue weighted by Crippen LogP contribution is 2.30. The van der Waals surface area contributed by atoms with Crippen molar-refractivity contribution in [3.05, 3.63) is 70.9 Å². The zero-order valence-electron chi connectivity index (χ0n) is 11.4. The average Bonchev–Trinajstić information content (AvgIpc) is 3.09. The topological polar surface area (TPSA) is 35.5 Å². The van der Waals surface area contributed by atoms with Crippen LogP contribution in [0, 0.1) is 0 Å². The van der Waals surface area contributed by atoms with Gasteiger partial charge in [0.1, 0.15) is 5.75 Å². The molecule has 0 bridgehead atoms. The number of carbonyl (C=O) groups is 1. The van der Waals surface area contributed by atoms with Crippen LogP contribution in [0.15, 0.2) is 66.1 Å². The minimum absolute atomic E-state index is 0.244. The van der Waals surface area contributed by atoms with Crippen LogP contribution in [0.4, 0.5) is 4.53 Å². The Bertz CT molecular complexity index is 820. The number of thiophene rings is 1. The number of benzene rings is 2. The second kappa shape index (κ2) is 6.41. The summed E-state index contributed by atoms with van der Waals surface area (Å²) in [7, 11) is 0. The lowest BCUT2D eigenvalue weighted by Crippen LogP contribution is -1.99. The minimum atomic E-state index is -1.11. The van der Waals surface area contributed by atoms with Crippen molar-refractivity contribution in [1.82, 2.24) is 0 Å². The summed E-state index contributed by atoms with van der Waals surface area (Å²) in [6, 6.07) is 16.9. The summed E-state index contributed by atoms with van der Waals surface area (Å²) in [6.07, 6.45) is 0.994. The molecule has 1 aromatic heterocycles. The zero-order valence-corrected chi connectivity index (χ0v) is 12.2. The molecule has 1 heterocycles. The molecule has 3 nitrogen and oxygen atoms in total. The highest BCUT2D eigenvalue weighted by atomic mass is 32.1. The Morgan fingerprint density at radius 3 is 2.64 bits per heavy atom. The zero-order chi connectivity index (χ0) is 15.4. The van der Waals surface area contributed by atoms with E-state index in [2.05, 4.69) is 4.94 Å². The van der Waals surface area contributed by atoms with Crippen LogP contribution in [-0.4, -0.2) is 5.97 Å². The summed E-state index contributed by atoms with van der Waals surface area (Å²) in [5.41, 5.74) is 0. The molecule has 0 saturated heterocycles. The van der Waals surface area contributed by atoms with Crippen LogP contribution in [-0.2, 0) is 9.74 Å². The molecular formula is C17H11FO3S. The lowest BCUT2D eigenvalue weighted by Gasteiger charge is -2.10. The van der Waals surface area contributed by atoms with Crippen LogP contribution in [0.2, 0.25) is 0 Å². The summed E-state index contributed by atoms with van der Waals surface area (Å²) in [5.74, 6) is -0.276. The summed E-state index contributed by atoms with van der Waals surface area (Å²) in [5, 5.41) is 3.76. The number of hydrogen-bond donors (Lipinski definition) is 0. The highest BCUT2D eigenvalue weighted by Gasteiger charge is 2.12. The van der Waals surface area contributed by atoms with Gasteiger partial charge in [0.15, 0.2) is 5.76 Å². The number of fused-ring (bicyclic) bond motifs is 1. The Labute approximate surface area is 130 Å². The summed E-state index contributed by atoms with van der Waals surface area (Å²) >= 11 is 1.38. The molecule has 2 aromatic carbocycles. The van der Waals surface area contributed by atoms with Gasteiger partial charge in [0.2, 0.25) is 0 Å². The molecule has 0 spiro atoms. The molecule has 110 valence electrons. The van der Waals surface area contributed by atoms with E-state index in [9.17, 15) is 9.32 Å². The van der Waals surface area contributed by atoms with Crippen LogP contribution in [0.3, 0.4) is 0 Å². The molecule has 3 aromatic rings. The van der Waals surface area contributed by atoms with E-state index in [-0.39, 0.29) is 5.76 Å². The third-order valence-corrected chi connectivity index (χ3v) is 3.94. The number of halogens is 1. The van der Waals surface area contributed by atoms with Gasteiger partial charge in [-0.1, -0.05) is 42.5 Å². The van der Waals surface area contributed by atoms with Crippen LogP contribution in [0.5, 0.6) is 5.75 Å². The van der Waals surface area contributed by atoms with Gasteiger partial charge in [-0.05, 0) is 22.9 Å². The quantitative estimate of drug-likeness (QED) is 0.515. The van der Waals surface area contributed by atoms with Crippen molar-refractivity contribution in [3.63, 3.8) is 0 Å². The maximum atomic E-state index is 12.0. The SMILES string of the molecule is O=C(/C=C(\Oc1cccc2ccccc12)c1cccs1)OF. The van der Waals surface area contributed by atoms with Gasteiger partial charge in [-0.25, -0.2) is 9.74 Å². The number of ether oxygens (including phenoxy) is 1. The molecular weight excluding hydrogens is 303 g/mol. The summed E-state index contributed by atoms with van der Waals surface area (Å²) in [6.45, 7) is 0. The minimum Gasteiger partial charge on any atom is -0.455 e. The van der Waals surface area contributed by atoms with Crippen molar-refractivity contribution in [1.29, 1.82) is 0 Å². The smallest absolute Gasteiger partial charge is 0.376 e. The van der Waals surface area contributed by atoms with Crippen molar-refractivity contribution >= 4 is 33.8 Å². The standard InChI is InChI=1S/C17H11FO3S/c18-21-17(19)11-15(16-9-4-10-22-16)20-14-8-3-6-12-5-1-2-7-13(12)14/h1-11H/b15-11-. The molecule has 0 amide bonds. The summed E-state index contributed by atoms with van der Waals surface area (Å²) in [4.78, 5) is 15.1. The molecule has 0 aliphatic rings. The molecule has 0 atom stereocenters. The van der Waals surface area contributed by atoms with Gasteiger partial charge in [-0.2, -0.15) is 0 Å². The van der Waals surface area contributed by atoms with Gasteiger partial charge >= 0.3 is 5.97 Å². The van der Waals surface area contributed by atoms with E-state index in [1.54, 1.807) is 12.1 Å². The van der Waals surface area contributed by atoms with E-state index in [1.807, 2.05) is 47.8 Å². The molecule has 22 heavy (non-hydrogen) atoms. The van der Waals surface area contributed by atoms with Crippen LogP contribution in [0.25, 0.3) is 16.5 Å². The Hall–Kier alpha value is -2.66. The van der Waals surface area contributed by atoms with Gasteiger partial charge in [-0.3, -0.25) is 0 Å². The van der Waals surface area contributed by atoms with Gasteiger partial charge < -0.3 is 4.74 Å². The van der Waals surface area contributed by atoms with Gasteiger partial charge in [0, 0.05) is 9.91 Å². The Kier molecular flexibility index (Phi) is 4.16. The second-order valence-corrected chi connectivity index (χ2v) is 5.41. The first kappa shape index (κ1) is 14.3. The molecule has 3 rings (SSSR count). The van der Waals surface area contributed by atoms with E-state index in [1.165, 1.54) is 11.3 Å². The van der Waals surface area contributed by atoms with Crippen molar-refractivity contribution in [2.45, 2.75) is 0 Å². The monoisotopic (exact) mass is 314 g/mol. The van der Waals surface area contributed by atoms with Gasteiger partial charge in [0.05, 0.1) is 11.0 Å². The van der Waals surface area contributed by atoms with E-state index in [0.29, 0.717) is 10.6 Å². The largest absolute Gasteiger partial charge is 0.455 e. The van der Waals surface area contributed by atoms with Crippen molar-refractivity contribution in [2.75, 3.05) is 0 Å². The van der Waals surface area contributed by atoms with Gasteiger partial charge in [-0.15, -0.1) is 11.3 Å². The number of rotatable bonds is 4. The second-order valence-electron chi connectivity index (χ2n) is 4.46. The first-order valence-electron chi connectivity index (χ1n) is 6.51. The average molecular weight is 314 g/mol. The van der Waals surface area contributed by atoms with E-state index >= 15 is 0 Å². The van der Waals surface area contributed by atoms with Gasteiger partial charge in [0.25, 0.3) is 0 Å². The lowest BCUT2D eigenvalue weighted by molar-refractivity contribution is -0.176. The Balaban J connectivity index is 2.03. The molecule has 0 radical (unpaired) electrons. The van der Waals surface area contributed by atoms with E-state index in [0.717, 1.165) is 16.8 Å². The molecule has 0 aliphatic carbocycles. The number of carbonyl (C=O) groups excluding carboxylic acids is 1. The Morgan fingerprint density at radius 2 is 1.86 bits per heavy atom. The number of hydrogen-bond acceptors (Lipinski definition) is 4. The lowest BCUT2D eigenvalue weighted by atomic mass is 10.1. The molecule has 0 aliphatic heterocycles. The third-order valence-electron chi connectivity index (χ3n) is 3.06. The maximum Gasteiger partial charge on any atom is 0.376 e. The molecule has 0 N–H and O–H groups in total. The van der Waals surface area contributed by atoms with Crippen LogP contribution >= 0.6 is 11.3 Å². The molecule has 5 heteroatoms. The van der Waals surface area contributed by atoms with Crippen molar-refractivity contribution in [3.8, 4) is 5.75 Å². The summed E-state index contributed by atoms with van der Waals surface area (Å²) < 4.78 is 17.9. The van der Waals surface area contributed by atoms with Crippen molar-refractivity contribution in [2.24, 2.45) is 0 Å². The van der Waals surface area contributed by atoms with Crippen LogP contribution in [0.1, 0.15) is 4.88 Å². The predicted molar refractivity (Wildman–Crippen MR) is 84.1 cm³/mol. The van der Waals surface area contributed by atoms with Crippen molar-refractivity contribution < 1.29 is 19.0 Å². The van der Waals surface area contributed by atoms with E-state index < -0.39 is 5.97 Å². The fraction of sp³-hybridized carbons (Fsp3) is 0. The fourth-order valence-electron chi connectivity index (χ4n) is 2.10. The fourth-order valence-corrected chi connectivity index (χ4v) is 2.78. The predicted octanol–water partition coefficient (Wildman–Crippen LogP) is 4.75. The molecule has 0 fully saturated rings. The van der Waals surface area contributed by atoms with Crippen LogP contribution < -0.4 is 4.74 Å². The third kappa shape index (κ3) is 2.99. The Morgan fingerprint density at radius 1 is 1.05 bits per heavy atom.